The van der Waals surface area contributed by atoms with Gasteiger partial charge in [-0.3, -0.25) is 20.2 Å². The van der Waals surface area contributed by atoms with E-state index in [-0.39, 0.29) is 27.5 Å². The number of nitro benzene ring substituents is 1. The van der Waals surface area contributed by atoms with Gasteiger partial charge in [0.05, 0.1) is 15.5 Å². The molecule has 12 heteroatoms. The smallest absolute Gasteiger partial charge is 0.293 e. The van der Waals surface area contributed by atoms with Crippen LogP contribution in [-0.2, 0) is 0 Å². The molecule has 5 rings (SSSR count). The number of nitro groups is 1. The number of nitrogens with zero attached hydrogens (tertiary/aromatic N) is 2. The Morgan fingerprint density at radius 2 is 1.89 bits per heavy atom. The van der Waals surface area contributed by atoms with Crippen molar-refractivity contribution in [1.82, 2.24) is 10.3 Å². The van der Waals surface area contributed by atoms with Crippen LogP contribution in [0.2, 0.25) is 5.02 Å². The quantitative estimate of drug-likeness (QED) is 0.147. The van der Waals surface area contributed by atoms with Crippen LogP contribution in [0.3, 0.4) is 0 Å². The van der Waals surface area contributed by atoms with Gasteiger partial charge in [0, 0.05) is 23.4 Å². The van der Waals surface area contributed by atoms with Gasteiger partial charge in [-0.15, -0.1) is 0 Å². The molecule has 0 aliphatic carbocycles. The summed E-state index contributed by atoms with van der Waals surface area (Å²) in [4.78, 5) is 27.5. The Morgan fingerprint density at radius 3 is 2.68 bits per heavy atom. The van der Waals surface area contributed by atoms with Gasteiger partial charge in [-0.25, -0.2) is 9.37 Å². The second-order valence-electron chi connectivity index (χ2n) is 7.71. The molecule has 0 aliphatic heterocycles. The fourth-order valence-electron chi connectivity index (χ4n) is 3.50. The first kappa shape index (κ1) is 24.1. The first-order chi connectivity index (χ1) is 17.8. The summed E-state index contributed by atoms with van der Waals surface area (Å²) in [6.45, 7) is 0. The number of oxazole rings is 1. The van der Waals surface area contributed by atoms with E-state index < -0.39 is 16.6 Å². The summed E-state index contributed by atoms with van der Waals surface area (Å²) in [6.07, 6.45) is 0. The second-order valence-corrected chi connectivity index (χ2v) is 8.52. The van der Waals surface area contributed by atoms with Gasteiger partial charge in [0.2, 0.25) is 5.89 Å². The Morgan fingerprint density at radius 1 is 1.05 bits per heavy atom. The molecule has 5 aromatic rings. The van der Waals surface area contributed by atoms with Crippen molar-refractivity contribution in [2.45, 2.75) is 0 Å². The van der Waals surface area contributed by atoms with Crippen LogP contribution in [0, 0.1) is 15.9 Å². The zero-order valence-corrected chi connectivity index (χ0v) is 20.1. The maximum Gasteiger partial charge on any atom is 0.293 e. The van der Waals surface area contributed by atoms with Gasteiger partial charge >= 0.3 is 0 Å². The van der Waals surface area contributed by atoms with E-state index >= 15 is 0 Å². The number of rotatable bonds is 5. The van der Waals surface area contributed by atoms with Crippen molar-refractivity contribution in [3.8, 4) is 22.8 Å². The zero-order valence-electron chi connectivity index (χ0n) is 18.5. The van der Waals surface area contributed by atoms with Gasteiger partial charge in [-0.05, 0) is 60.7 Å². The fourth-order valence-corrected chi connectivity index (χ4v) is 3.96. The van der Waals surface area contributed by atoms with Crippen LogP contribution in [0.5, 0.6) is 0 Å². The number of hydrogen-bond acceptors (Lipinski definition) is 7. The Kier molecular flexibility index (Phi) is 6.38. The summed E-state index contributed by atoms with van der Waals surface area (Å²) < 4.78 is 24.6. The van der Waals surface area contributed by atoms with Gasteiger partial charge in [0.1, 0.15) is 17.1 Å². The maximum atomic E-state index is 13.3. The third-order valence-corrected chi connectivity index (χ3v) is 5.72. The Labute approximate surface area is 218 Å². The highest BCUT2D eigenvalue weighted by Gasteiger charge is 2.17. The van der Waals surface area contributed by atoms with Crippen molar-refractivity contribution in [2.24, 2.45) is 0 Å². The molecule has 0 atom stereocenters. The van der Waals surface area contributed by atoms with Crippen LogP contribution in [0.15, 0.2) is 81.6 Å². The van der Waals surface area contributed by atoms with E-state index in [2.05, 4.69) is 15.6 Å². The molecule has 0 unspecified atom stereocenters. The summed E-state index contributed by atoms with van der Waals surface area (Å²) >= 11 is 11.3. The van der Waals surface area contributed by atoms with Crippen LogP contribution in [0.4, 0.5) is 15.8 Å². The molecule has 9 nitrogen and oxygen atoms in total. The van der Waals surface area contributed by atoms with E-state index in [4.69, 9.17) is 32.7 Å². The van der Waals surface area contributed by atoms with Crippen molar-refractivity contribution in [3.05, 3.63) is 99.5 Å². The lowest BCUT2D eigenvalue weighted by Crippen LogP contribution is -2.33. The Balaban J connectivity index is 1.27. The molecule has 1 amide bonds. The molecular weight excluding hydrogens is 523 g/mol. The molecule has 0 saturated heterocycles. The number of benzene rings is 3. The van der Waals surface area contributed by atoms with Crippen LogP contribution >= 0.6 is 23.8 Å². The molecule has 2 N–H and O–H groups in total. The van der Waals surface area contributed by atoms with Crippen LogP contribution < -0.4 is 10.6 Å². The summed E-state index contributed by atoms with van der Waals surface area (Å²) in [6, 6.07) is 17.7. The minimum absolute atomic E-state index is 0.00273. The van der Waals surface area contributed by atoms with Crippen molar-refractivity contribution in [3.63, 3.8) is 0 Å². The maximum absolute atomic E-state index is 13.3. The molecule has 0 radical (unpaired) electrons. The topological polar surface area (TPSA) is 123 Å². The predicted molar refractivity (Wildman–Crippen MR) is 139 cm³/mol. The summed E-state index contributed by atoms with van der Waals surface area (Å²) in [7, 11) is 0. The first-order valence-electron chi connectivity index (χ1n) is 10.6. The van der Waals surface area contributed by atoms with E-state index in [1.165, 1.54) is 48.5 Å². The standard InChI is InChI=1S/C25H14ClFN4O5S/c26-18-11-14(27)4-6-17(18)24-29-19-12-15(5-7-21(19)36-24)28-25(37)30-23(32)22-9-8-20(35-22)13-2-1-3-16(10-13)31(33)34/h1-12H,(H2,28,30,32,37). The lowest BCUT2D eigenvalue weighted by molar-refractivity contribution is -0.384. The molecule has 0 bridgehead atoms. The van der Waals surface area contributed by atoms with E-state index in [9.17, 15) is 19.3 Å². The highest BCUT2D eigenvalue weighted by Crippen LogP contribution is 2.31. The number of amides is 1. The van der Waals surface area contributed by atoms with E-state index in [1.807, 2.05) is 0 Å². The number of thiocarbonyl (C=S) groups is 1. The molecule has 0 fully saturated rings. The number of non-ortho nitro benzene ring substituents is 1. The number of nitrogens with one attached hydrogen (secondary N) is 2. The van der Waals surface area contributed by atoms with Gasteiger partial charge in [-0.1, -0.05) is 23.7 Å². The average molecular weight is 537 g/mol. The molecule has 2 aromatic heterocycles. The Hall–Kier alpha value is -4.61. The summed E-state index contributed by atoms with van der Waals surface area (Å²) in [5, 5.41) is 16.6. The number of aromatic nitrogens is 1. The van der Waals surface area contributed by atoms with Gasteiger partial charge < -0.3 is 14.2 Å². The first-order valence-corrected chi connectivity index (χ1v) is 11.4. The van der Waals surface area contributed by atoms with E-state index in [0.717, 1.165) is 0 Å². The SMILES string of the molecule is O=C(NC(=S)Nc1ccc2oc(-c3ccc(F)cc3Cl)nc2c1)c1ccc(-c2cccc([N+](=O)[O-])c2)o1. The number of halogens is 2. The van der Waals surface area contributed by atoms with Crippen LogP contribution in [0.25, 0.3) is 33.9 Å². The number of anilines is 1. The minimum Gasteiger partial charge on any atom is -0.451 e. The monoisotopic (exact) mass is 536 g/mol. The van der Waals surface area contributed by atoms with Crippen LogP contribution in [-0.4, -0.2) is 20.9 Å². The summed E-state index contributed by atoms with van der Waals surface area (Å²) in [5.74, 6) is -0.586. The van der Waals surface area contributed by atoms with Crippen molar-refractivity contribution >= 4 is 57.3 Å². The van der Waals surface area contributed by atoms with Crippen molar-refractivity contribution < 1.29 is 22.9 Å². The number of hydrogen-bond donors (Lipinski definition) is 2. The lowest BCUT2D eigenvalue weighted by Gasteiger charge is -2.08. The number of fused-ring (bicyclic) bond motifs is 1. The largest absolute Gasteiger partial charge is 0.451 e. The predicted octanol–water partition coefficient (Wildman–Crippen LogP) is 6.58. The van der Waals surface area contributed by atoms with E-state index in [0.29, 0.717) is 33.7 Å². The molecule has 0 aliphatic rings. The molecule has 0 saturated carbocycles. The van der Waals surface area contributed by atoms with Gasteiger partial charge in [0.15, 0.2) is 16.5 Å². The highest BCUT2D eigenvalue weighted by atomic mass is 35.5. The molecular formula is C25H14ClFN4O5S. The average Bonchev–Trinajstić information content (AvgIpc) is 3.51. The molecule has 184 valence electrons. The van der Waals surface area contributed by atoms with E-state index in [1.54, 1.807) is 24.3 Å². The normalized spacial score (nSPS) is 10.9. The molecule has 0 spiro atoms. The lowest BCUT2D eigenvalue weighted by atomic mass is 10.1. The third kappa shape index (κ3) is 5.17. The van der Waals surface area contributed by atoms with Gasteiger partial charge in [-0.2, -0.15) is 0 Å². The number of furan rings is 1. The van der Waals surface area contributed by atoms with Gasteiger partial charge in [0.25, 0.3) is 11.6 Å². The summed E-state index contributed by atoms with van der Waals surface area (Å²) in [5.41, 5.74) is 2.29. The highest BCUT2D eigenvalue weighted by molar-refractivity contribution is 7.80. The van der Waals surface area contributed by atoms with Crippen molar-refractivity contribution in [1.29, 1.82) is 0 Å². The Bertz CT molecular complexity index is 1700. The molecule has 2 heterocycles. The third-order valence-electron chi connectivity index (χ3n) is 5.21. The fraction of sp³-hybridized carbons (Fsp3) is 0. The number of carbonyl (C=O) groups is 1. The zero-order chi connectivity index (χ0) is 26.1. The molecule has 3 aromatic carbocycles. The van der Waals surface area contributed by atoms with Crippen molar-refractivity contribution in [2.75, 3.05) is 5.32 Å². The molecule has 37 heavy (non-hydrogen) atoms. The minimum atomic E-state index is -0.607. The second kappa shape index (κ2) is 9.80. The van der Waals surface area contributed by atoms with Crippen LogP contribution in [0.1, 0.15) is 10.6 Å². The number of carbonyl (C=O) groups excluding carboxylic acids is 1.